The molecular formula is C16H18N6OS. The smallest absolute Gasteiger partial charge is 0.173 e. The van der Waals surface area contributed by atoms with E-state index in [-0.39, 0.29) is 12.1 Å². The van der Waals surface area contributed by atoms with Gasteiger partial charge in [-0.3, -0.25) is 4.90 Å². The summed E-state index contributed by atoms with van der Waals surface area (Å²) in [4.78, 5) is 6.73. The monoisotopic (exact) mass is 342 g/mol. The maximum Gasteiger partial charge on any atom is 0.173 e. The standard InChI is InChI=1S/C16H18N6OS/c1-12(15-18-19-20-22(15)13-5-3-2-4-6-13)21-8-9-23-14(11-21)16-17-7-10-24-16/h2-7,10,12,14H,8-9,11H2,1H3/t12-,14-/m1/s1. The predicted octanol–water partition coefficient (Wildman–Crippen LogP) is 2.25. The average molecular weight is 342 g/mol. The number of para-hydroxylation sites is 1. The lowest BCUT2D eigenvalue weighted by Crippen LogP contribution is -2.40. The molecule has 1 aliphatic heterocycles. The summed E-state index contributed by atoms with van der Waals surface area (Å²) in [6, 6.07) is 10.1. The summed E-state index contributed by atoms with van der Waals surface area (Å²) in [6.07, 6.45) is 1.84. The fraction of sp³-hybridized carbons (Fsp3) is 0.375. The zero-order chi connectivity index (χ0) is 16.4. The normalized spacial score (nSPS) is 20.1. The van der Waals surface area contributed by atoms with Gasteiger partial charge in [0.25, 0.3) is 0 Å². The number of morpholine rings is 1. The van der Waals surface area contributed by atoms with Gasteiger partial charge in [-0.1, -0.05) is 18.2 Å². The van der Waals surface area contributed by atoms with Gasteiger partial charge in [0.15, 0.2) is 5.82 Å². The van der Waals surface area contributed by atoms with Gasteiger partial charge in [0.1, 0.15) is 11.1 Å². The fourth-order valence-corrected chi connectivity index (χ4v) is 3.61. The Morgan fingerprint density at radius 1 is 1.29 bits per heavy atom. The van der Waals surface area contributed by atoms with Crippen LogP contribution in [0.2, 0.25) is 0 Å². The second kappa shape index (κ2) is 6.76. The SMILES string of the molecule is C[C@H](c1nnnn1-c1ccccc1)N1CCO[C@@H](c2nccs2)C1. The molecule has 8 heteroatoms. The highest BCUT2D eigenvalue weighted by molar-refractivity contribution is 7.09. The number of hydrogen-bond acceptors (Lipinski definition) is 7. The summed E-state index contributed by atoms with van der Waals surface area (Å²) in [7, 11) is 0. The van der Waals surface area contributed by atoms with Crippen molar-refractivity contribution >= 4 is 11.3 Å². The number of aromatic nitrogens is 5. The molecule has 1 saturated heterocycles. The lowest BCUT2D eigenvalue weighted by Gasteiger charge is -2.35. The Labute approximate surface area is 143 Å². The van der Waals surface area contributed by atoms with Crippen molar-refractivity contribution in [3.63, 3.8) is 0 Å². The Kier molecular flexibility index (Phi) is 4.33. The molecule has 3 aromatic rings. The minimum Gasteiger partial charge on any atom is -0.368 e. The van der Waals surface area contributed by atoms with Crippen LogP contribution in [0.3, 0.4) is 0 Å². The summed E-state index contributed by atoms with van der Waals surface area (Å²) in [5.41, 5.74) is 0.967. The number of hydrogen-bond donors (Lipinski definition) is 0. The van der Waals surface area contributed by atoms with Gasteiger partial charge in [-0.2, -0.15) is 4.68 Å². The second-order valence-corrected chi connectivity index (χ2v) is 6.61. The fourth-order valence-electron chi connectivity index (χ4n) is 2.93. The highest BCUT2D eigenvalue weighted by Gasteiger charge is 2.30. The molecule has 124 valence electrons. The van der Waals surface area contributed by atoms with Crippen LogP contribution in [0.5, 0.6) is 0 Å². The van der Waals surface area contributed by atoms with E-state index in [0.29, 0.717) is 6.61 Å². The first kappa shape index (κ1) is 15.4. The molecule has 0 unspecified atom stereocenters. The number of thiazole rings is 1. The topological polar surface area (TPSA) is 69.0 Å². The van der Waals surface area contributed by atoms with E-state index in [0.717, 1.165) is 29.6 Å². The van der Waals surface area contributed by atoms with E-state index in [1.54, 1.807) is 16.0 Å². The average Bonchev–Trinajstić information content (AvgIpc) is 3.34. The summed E-state index contributed by atoms with van der Waals surface area (Å²) in [6.45, 7) is 4.46. The Hall–Kier alpha value is -2.16. The van der Waals surface area contributed by atoms with Crippen LogP contribution >= 0.6 is 11.3 Å². The zero-order valence-corrected chi connectivity index (χ0v) is 14.1. The van der Waals surface area contributed by atoms with E-state index >= 15 is 0 Å². The highest BCUT2D eigenvalue weighted by Crippen LogP contribution is 2.29. The molecule has 1 fully saturated rings. The predicted molar refractivity (Wildman–Crippen MR) is 89.9 cm³/mol. The van der Waals surface area contributed by atoms with Crippen LogP contribution in [0.4, 0.5) is 0 Å². The van der Waals surface area contributed by atoms with Gasteiger partial charge in [-0.15, -0.1) is 16.4 Å². The number of ether oxygens (including phenoxy) is 1. The van der Waals surface area contributed by atoms with E-state index in [2.05, 4.69) is 32.3 Å². The first-order valence-electron chi connectivity index (χ1n) is 7.91. The lowest BCUT2D eigenvalue weighted by atomic mass is 10.2. The zero-order valence-electron chi connectivity index (χ0n) is 13.3. The van der Waals surface area contributed by atoms with Crippen molar-refractivity contribution in [1.82, 2.24) is 30.1 Å². The second-order valence-electron chi connectivity index (χ2n) is 5.69. The van der Waals surface area contributed by atoms with E-state index < -0.39 is 0 Å². The number of benzene rings is 1. The van der Waals surface area contributed by atoms with Gasteiger partial charge in [-0.05, 0) is 29.5 Å². The number of tetrazole rings is 1. The Morgan fingerprint density at radius 3 is 2.96 bits per heavy atom. The molecule has 0 radical (unpaired) electrons. The quantitative estimate of drug-likeness (QED) is 0.724. The van der Waals surface area contributed by atoms with Crippen LogP contribution in [-0.2, 0) is 4.74 Å². The van der Waals surface area contributed by atoms with Crippen molar-refractivity contribution in [2.24, 2.45) is 0 Å². The molecule has 3 heterocycles. The third-order valence-electron chi connectivity index (χ3n) is 4.24. The third-order valence-corrected chi connectivity index (χ3v) is 5.11. The van der Waals surface area contributed by atoms with Gasteiger partial charge < -0.3 is 4.74 Å². The molecule has 0 saturated carbocycles. The largest absolute Gasteiger partial charge is 0.368 e. The van der Waals surface area contributed by atoms with Crippen LogP contribution in [0, 0.1) is 0 Å². The van der Waals surface area contributed by atoms with Crippen molar-refractivity contribution < 1.29 is 4.74 Å². The molecule has 4 rings (SSSR count). The molecule has 24 heavy (non-hydrogen) atoms. The molecule has 0 bridgehead atoms. The molecule has 1 aliphatic rings. The van der Waals surface area contributed by atoms with E-state index in [1.807, 2.05) is 41.9 Å². The number of rotatable bonds is 4. The molecular weight excluding hydrogens is 324 g/mol. The van der Waals surface area contributed by atoms with Gasteiger partial charge in [0.2, 0.25) is 0 Å². The van der Waals surface area contributed by atoms with Crippen LogP contribution < -0.4 is 0 Å². The lowest BCUT2D eigenvalue weighted by molar-refractivity contribution is -0.0445. The minimum atomic E-state index is 0.0160. The van der Waals surface area contributed by atoms with Crippen molar-refractivity contribution in [3.8, 4) is 5.69 Å². The molecule has 7 nitrogen and oxygen atoms in total. The van der Waals surface area contributed by atoms with E-state index in [4.69, 9.17) is 4.74 Å². The van der Waals surface area contributed by atoms with Crippen LogP contribution in [-0.4, -0.2) is 49.8 Å². The first-order valence-corrected chi connectivity index (χ1v) is 8.79. The Morgan fingerprint density at radius 2 is 2.17 bits per heavy atom. The summed E-state index contributed by atoms with van der Waals surface area (Å²) >= 11 is 1.63. The molecule has 0 N–H and O–H groups in total. The van der Waals surface area contributed by atoms with Gasteiger partial charge in [0, 0.05) is 24.7 Å². The summed E-state index contributed by atoms with van der Waals surface area (Å²) in [5.74, 6) is 0.834. The summed E-state index contributed by atoms with van der Waals surface area (Å²) in [5, 5.41) is 15.3. The van der Waals surface area contributed by atoms with Crippen molar-refractivity contribution in [3.05, 3.63) is 52.7 Å². The van der Waals surface area contributed by atoms with Crippen LogP contribution in [0.1, 0.15) is 29.9 Å². The van der Waals surface area contributed by atoms with Crippen molar-refractivity contribution in [1.29, 1.82) is 0 Å². The molecule has 2 atom stereocenters. The van der Waals surface area contributed by atoms with Crippen LogP contribution in [0.25, 0.3) is 5.69 Å². The van der Waals surface area contributed by atoms with Crippen molar-refractivity contribution in [2.75, 3.05) is 19.7 Å². The van der Waals surface area contributed by atoms with Crippen molar-refractivity contribution in [2.45, 2.75) is 19.1 Å². The Balaban J connectivity index is 1.56. The van der Waals surface area contributed by atoms with Gasteiger partial charge in [0.05, 0.1) is 18.3 Å². The third kappa shape index (κ3) is 2.95. The molecule has 1 aromatic carbocycles. The molecule has 2 aromatic heterocycles. The highest BCUT2D eigenvalue weighted by atomic mass is 32.1. The minimum absolute atomic E-state index is 0.0160. The van der Waals surface area contributed by atoms with Gasteiger partial charge in [-0.25, -0.2) is 4.98 Å². The van der Waals surface area contributed by atoms with E-state index in [1.165, 1.54) is 0 Å². The first-order chi connectivity index (χ1) is 11.8. The maximum atomic E-state index is 5.88. The maximum absolute atomic E-state index is 5.88. The Bertz CT molecular complexity index is 775. The number of nitrogens with zero attached hydrogens (tertiary/aromatic N) is 6. The van der Waals surface area contributed by atoms with E-state index in [9.17, 15) is 0 Å². The molecule has 0 spiro atoms. The van der Waals surface area contributed by atoms with Gasteiger partial charge >= 0.3 is 0 Å². The van der Waals surface area contributed by atoms with Crippen LogP contribution in [0.15, 0.2) is 41.9 Å². The molecule has 0 aliphatic carbocycles. The molecule has 0 amide bonds. The summed E-state index contributed by atoms with van der Waals surface area (Å²) < 4.78 is 7.69.